The molecule has 0 bridgehead atoms. The molecule has 0 fully saturated rings. The number of thioether (sulfide) groups is 1. The quantitative estimate of drug-likeness (QED) is 0.616. The maximum absolute atomic E-state index is 9.24. The van der Waals surface area contributed by atoms with Gasteiger partial charge in [0.15, 0.2) is 0 Å². The van der Waals surface area contributed by atoms with Crippen molar-refractivity contribution < 1.29 is 0 Å². The van der Waals surface area contributed by atoms with Crippen LogP contribution in [0.3, 0.4) is 0 Å². The number of rotatable bonds is 5. The van der Waals surface area contributed by atoms with Crippen molar-refractivity contribution in [1.82, 2.24) is 4.90 Å². The zero-order valence-corrected chi connectivity index (χ0v) is 14.4. The molecule has 0 radical (unpaired) electrons. The lowest BCUT2D eigenvalue weighted by atomic mass is 10.0. The fourth-order valence-corrected chi connectivity index (χ4v) is 2.48. The third-order valence-corrected chi connectivity index (χ3v) is 4.01. The predicted molar refractivity (Wildman–Crippen MR) is 94.2 cm³/mol. The third-order valence-electron chi connectivity index (χ3n) is 3.11. The van der Waals surface area contributed by atoms with Crippen molar-refractivity contribution in [3.63, 3.8) is 0 Å². The van der Waals surface area contributed by atoms with E-state index in [0.717, 1.165) is 16.3 Å². The van der Waals surface area contributed by atoms with E-state index in [0.29, 0.717) is 5.57 Å². The van der Waals surface area contributed by atoms with Gasteiger partial charge in [-0.05, 0) is 30.0 Å². The first-order chi connectivity index (χ1) is 10.4. The van der Waals surface area contributed by atoms with E-state index < -0.39 is 0 Å². The summed E-state index contributed by atoms with van der Waals surface area (Å²) < 4.78 is 0. The van der Waals surface area contributed by atoms with E-state index in [9.17, 15) is 10.5 Å². The lowest BCUT2D eigenvalue weighted by molar-refractivity contribution is 0.551. The number of allylic oxidation sites excluding steroid dienone is 3. The summed E-state index contributed by atoms with van der Waals surface area (Å²) in [5, 5.41) is 19.5. The van der Waals surface area contributed by atoms with Gasteiger partial charge in [0, 0.05) is 39.5 Å². The van der Waals surface area contributed by atoms with Crippen LogP contribution in [0.2, 0.25) is 0 Å². The minimum atomic E-state index is 0.117. The van der Waals surface area contributed by atoms with Crippen LogP contribution < -0.4 is 4.90 Å². The molecule has 0 amide bonds. The smallest absolute Gasteiger partial charge is 0.137 e. The Labute approximate surface area is 136 Å². The Morgan fingerprint density at radius 2 is 1.59 bits per heavy atom. The molecule has 0 aliphatic rings. The van der Waals surface area contributed by atoms with Crippen molar-refractivity contribution in [3.05, 3.63) is 46.5 Å². The van der Waals surface area contributed by atoms with Crippen LogP contribution in [0, 0.1) is 22.7 Å². The van der Waals surface area contributed by atoms with Crippen LogP contribution in [0.1, 0.15) is 5.56 Å². The first-order valence-corrected chi connectivity index (χ1v) is 7.92. The molecule has 0 saturated heterocycles. The van der Waals surface area contributed by atoms with E-state index in [1.807, 2.05) is 86.7 Å². The second-order valence-corrected chi connectivity index (χ2v) is 5.86. The normalized spacial score (nSPS) is 10.4. The summed E-state index contributed by atoms with van der Waals surface area (Å²) in [6.45, 7) is 0. The van der Waals surface area contributed by atoms with Gasteiger partial charge in [0.25, 0.3) is 0 Å². The van der Waals surface area contributed by atoms with Crippen LogP contribution in [-0.2, 0) is 0 Å². The molecule has 4 nitrogen and oxygen atoms in total. The molecule has 0 N–H and O–H groups in total. The van der Waals surface area contributed by atoms with Crippen molar-refractivity contribution in [1.29, 1.82) is 10.5 Å². The van der Waals surface area contributed by atoms with Crippen molar-refractivity contribution in [2.75, 3.05) is 39.3 Å². The van der Waals surface area contributed by atoms with Gasteiger partial charge in [-0.1, -0.05) is 12.1 Å². The average molecular weight is 312 g/mol. The monoisotopic (exact) mass is 312 g/mol. The third kappa shape index (κ3) is 4.31. The van der Waals surface area contributed by atoms with Crippen molar-refractivity contribution >= 4 is 23.0 Å². The molecular formula is C17H20N4S. The highest BCUT2D eigenvalue weighted by Gasteiger charge is 2.10. The SMILES string of the molecule is CS/C(=C/C(=C(C#N)C#N)c1ccc(N(C)C)cc1)N(C)C. The molecule has 0 aliphatic heterocycles. The summed E-state index contributed by atoms with van der Waals surface area (Å²) in [5.74, 6) is 0. The van der Waals surface area contributed by atoms with E-state index >= 15 is 0 Å². The van der Waals surface area contributed by atoms with E-state index in [2.05, 4.69) is 0 Å². The maximum Gasteiger partial charge on any atom is 0.137 e. The second-order valence-electron chi connectivity index (χ2n) is 5.03. The highest BCUT2D eigenvalue weighted by molar-refractivity contribution is 8.02. The molecule has 0 saturated carbocycles. The lowest BCUT2D eigenvalue weighted by Crippen LogP contribution is -2.09. The van der Waals surface area contributed by atoms with Crippen LogP contribution in [0.4, 0.5) is 5.69 Å². The van der Waals surface area contributed by atoms with Gasteiger partial charge in [-0.25, -0.2) is 0 Å². The summed E-state index contributed by atoms with van der Waals surface area (Å²) in [5.41, 5.74) is 2.69. The first kappa shape index (κ1) is 17.7. The summed E-state index contributed by atoms with van der Waals surface area (Å²) in [4.78, 5) is 3.97. The second kappa shape index (κ2) is 8.17. The maximum atomic E-state index is 9.24. The molecule has 5 heteroatoms. The zero-order chi connectivity index (χ0) is 16.7. The van der Waals surface area contributed by atoms with Gasteiger partial charge in [-0.3, -0.25) is 0 Å². The number of anilines is 1. The van der Waals surface area contributed by atoms with Gasteiger partial charge in [0.1, 0.15) is 17.7 Å². The molecule has 1 aromatic rings. The van der Waals surface area contributed by atoms with Crippen molar-refractivity contribution in [3.8, 4) is 12.1 Å². The van der Waals surface area contributed by atoms with Gasteiger partial charge in [0.2, 0.25) is 0 Å². The number of hydrogen-bond acceptors (Lipinski definition) is 5. The number of nitrogens with zero attached hydrogens (tertiary/aromatic N) is 4. The number of benzene rings is 1. The Kier molecular flexibility index (Phi) is 6.56. The first-order valence-electron chi connectivity index (χ1n) is 6.69. The van der Waals surface area contributed by atoms with E-state index in [-0.39, 0.29) is 5.57 Å². The van der Waals surface area contributed by atoms with Crippen LogP contribution in [0.25, 0.3) is 5.57 Å². The largest absolute Gasteiger partial charge is 0.378 e. The summed E-state index contributed by atoms with van der Waals surface area (Å²) >= 11 is 1.57. The molecule has 0 unspecified atom stereocenters. The Balaban J connectivity index is 3.45. The standard InChI is InChI=1S/C17H20N4S/c1-20(2)15-8-6-13(7-9-15)16(14(11-18)12-19)10-17(22-5)21(3)4/h6-10H,1-5H3/b17-10+. The van der Waals surface area contributed by atoms with E-state index in [1.54, 1.807) is 11.8 Å². The molecule has 1 aromatic carbocycles. The molecule has 0 heterocycles. The Hall–Kier alpha value is -2.37. The van der Waals surface area contributed by atoms with Crippen LogP contribution in [-0.4, -0.2) is 39.3 Å². The molecule has 114 valence electrons. The Bertz CT molecular complexity index is 639. The minimum absolute atomic E-state index is 0.117. The number of nitriles is 2. The van der Waals surface area contributed by atoms with Gasteiger partial charge in [-0.2, -0.15) is 10.5 Å². The topological polar surface area (TPSA) is 54.1 Å². The van der Waals surface area contributed by atoms with Gasteiger partial charge < -0.3 is 9.80 Å². The highest BCUT2D eigenvalue weighted by atomic mass is 32.2. The Morgan fingerprint density at radius 1 is 1.05 bits per heavy atom. The molecule has 0 aromatic heterocycles. The van der Waals surface area contributed by atoms with Gasteiger partial charge >= 0.3 is 0 Å². The van der Waals surface area contributed by atoms with Crippen LogP contribution in [0.15, 0.2) is 40.9 Å². The minimum Gasteiger partial charge on any atom is -0.378 e. The van der Waals surface area contributed by atoms with E-state index in [1.165, 1.54) is 0 Å². The van der Waals surface area contributed by atoms with Gasteiger partial charge in [0.05, 0.1) is 5.03 Å². The van der Waals surface area contributed by atoms with Crippen molar-refractivity contribution in [2.24, 2.45) is 0 Å². The zero-order valence-electron chi connectivity index (χ0n) is 13.6. The molecule has 0 atom stereocenters. The number of hydrogen-bond donors (Lipinski definition) is 0. The summed E-state index contributed by atoms with van der Waals surface area (Å²) in [7, 11) is 7.82. The van der Waals surface area contributed by atoms with Crippen LogP contribution in [0.5, 0.6) is 0 Å². The van der Waals surface area contributed by atoms with E-state index in [4.69, 9.17) is 0 Å². The fraction of sp³-hybridized carbons (Fsp3) is 0.294. The molecule has 1 rings (SSSR count). The fourth-order valence-electron chi connectivity index (χ4n) is 1.88. The lowest BCUT2D eigenvalue weighted by Gasteiger charge is -2.16. The van der Waals surface area contributed by atoms with Gasteiger partial charge in [-0.15, -0.1) is 11.8 Å². The molecular weight excluding hydrogens is 292 g/mol. The van der Waals surface area contributed by atoms with Crippen molar-refractivity contribution in [2.45, 2.75) is 0 Å². The average Bonchev–Trinajstić information content (AvgIpc) is 2.51. The summed E-state index contributed by atoms with van der Waals surface area (Å²) in [6.07, 6.45) is 3.86. The Morgan fingerprint density at radius 3 is 1.95 bits per heavy atom. The summed E-state index contributed by atoms with van der Waals surface area (Å²) in [6, 6.07) is 11.8. The molecule has 0 spiro atoms. The molecule has 0 aliphatic carbocycles. The molecule has 22 heavy (non-hydrogen) atoms. The highest BCUT2D eigenvalue weighted by Crippen LogP contribution is 2.27. The van der Waals surface area contributed by atoms with Crippen LogP contribution >= 0.6 is 11.8 Å². The predicted octanol–water partition coefficient (Wildman–Crippen LogP) is 3.32.